The highest BCUT2D eigenvalue weighted by atomic mass is 35.5. The van der Waals surface area contributed by atoms with Crippen LogP contribution in [0.2, 0.25) is 5.02 Å². The zero-order valence-corrected chi connectivity index (χ0v) is 23.9. The maximum absolute atomic E-state index is 13.7. The van der Waals surface area contributed by atoms with Gasteiger partial charge in [0.05, 0.1) is 13.2 Å². The van der Waals surface area contributed by atoms with Crippen molar-refractivity contribution in [1.82, 2.24) is 10.2 Å². The van der Waals surface area contributed by atoms with Crippen LogP contribution in [0.15, 0.2) is 59.6 Å². The Morgan fingerprint density at radius 1 is 1.13 bits per heavy atom. The molecule has 0 aromatic heterocycles. The van der Waals surface area contributed by atoms with Gasteiger partial charge in [-0.2, -0.15) is 0 Å². The highest BCUT2D eigenvalue weighted by Gasteiger charge is 2.49. The number of carbonyl (C=O) groups excluding carboxylic acids is 3. The van der Waals surface area contributed by atoms with Gasteiger partial charge in [-0.05, 0) is 60.8 Å². The van der Waals surface area contributed by atoms with Crippen LogP contribution in [0, 0.1) is 11.8 Å². The first kappa shape index (κ1) is 30.2. The number of nitrogens with zero attached hydrogens (tertiary/aromatic N) is 2. The maximum Gasteiger partial charge on any atom is 0.407 e. The molecule has 0 fully saturated rings. The molecule has 2 aromatic rings. The first-order valence-corrected chi connectivity index (χ1v) is 13.8. The molecule has 0 aliphatic carbocycles. The van der Waals surface area contributed by atoms with E-state index in [-0.39, 0.29) is 35.9 Å². The zero-order valence-electron chi connectivity index (χ0n) is 23.2. The molecule has 1 aliphatic rings. The van der Waals surface area contributed by atoms with Crippen molar-refractivity contribution in [2.45, 2.75) is 64.5 Å². The lowest BCUT2D eigenvalue weighted by atomic mass is 9.82. The van der Waals surface area contributed by atoms with Crippen LogP contribution >= 0.6 is 11.6 Å². The topological polar surface area (TPSA) is 114 Å². The summed E-state index contributed by atoms with van der Waals surface area (Å²) in [5.41, 5.74) is 6.96. The number of ether oxygens (including phenoxy) is 1. The van der Waals surface area contributed by atoms with Gasteiger partial charge in [0.25, 0.3) is 5.91 Å². The van der Waals surface area contributed by atoms with E-state index in [9.17, 15) is 14.4 Å². The van der Waals surface area contributed by atoms with E-state index in [1.807, 2.05) is 49.4 Å². The number of halogens is 1. The Morgan fingerprint density at radius 2 is 1.85 bits per heavy atom. The Balaban J connectivity index is 1.60. The Morgan fingerprint density at radius 3 is 2.49 bits per heavy atom. The molecule has 0 saturated heterocycles. The highest BCUT2D eigenvalue weighted by Crippen LogP contribution is 2.38. The van der Waals surface area contributed by atoms with Crippen molar-refractivity contribution in [3.63, 3.8) is 0 Å². The molecule has 3 N–H and O–H groups in total. The molecule has 0 bridgehead atoms. The van der Waals surface area contributed by atoms with Crippen molar-refractivity contribution >= 4 is 35.3 Å². The molecule has 2 amide bonds. The first-order chi connectivity index (χ1) is 18.6. The Hall–Kier alpha value is -3.39. The molecule has 0 saturated carbocycles. The lowest BCUT2D eigenvalue weighted by Gasteiger charge is -2.28. The minimum absolute atomic E-state index is 0.0317. The number of amides is 2. The summed E-state index contributed by atoms with van der Waals surface area (Å²) < 4.78 is 4.72. The quantitative estimate of drug-likeness (QED) is 0.358. The lowest BCUT2D eigenvalue weighted by Crippen LogP contribution is -2.44. The van der Waals surface area contributed by atoms with Gasteiger partial charge in [0.1, 0.15) is 0 Å². The van der Waals surface area contributed by atoms with Gasteiger partial charge < -0.3 is 15.8 Å². The Bertz CT molecular complexity index is 1190. The summed E-state index contributed by atoms with van der Waals surface area (Å²) in [6.07, 6.45) is 1.86. The molecule has 39 heavy (non-hydrogen) atoms. The van der Waals surface area contributed by atoms with E-state index in [2.05, 4.69) is 19.2 Å². The van der Waals surface area contributed by atoms with Crippen molar-refractivity contribution in [3.05, 3.63) is 70.7 Å². The highest BCUT2D eigenvalue weighted by molar-refractivity contribution is 6.30. The van der Waals surface area contributed by atoms with Crippen LogP contribution in [0.25, 0.3) is 0 Å². The third-order valence-electron chi connectivity index (χ3n) is 6.96. The molecule has 0 radical (unpaired) electrons. The van der Waals surface area contributed by atoms with Gasteiger partial charge in [-0.1, -0.05) is 74.8 Å². The molecular weight excluding hydrogens is 516 g/mol. The zero-order chi connectivity index (χ0) is 28.6. The molecule has 2 aromatic carbocycles. The number of benzene rings is 2. The van der Waals surface area contributed by atoms with Gasteiger partial charge in [0.15, 0.2) is 17.3 Å². The van der Waals surface area contributed by atoms with Crippen molar-refractivity contribution in [1.29, 1.82) is 0 Å². The number of guanidine groups is 1. The third kappa shape index (κ3) is 7.82. The molecule has 3 atom stereocenters. The van der Waals surface area contributed by atoms with Gasteiger partial charge in [-0.3, -0.25) is 14.5 Å². The van der Waals surface area contributed by atoms with Gasteiger partial charge in [-0.15, -0.1) is 0 Å². The minimum atomic E-state index is -1.01. The number of hydrogen-bond donors (Lipinski definition) is 2. The van der Waals surface area contributed by atoms with Gasteiger partial charge in [-0.25, -0.2) is 9.79 Å². The number of Topliss-reactive ketones (excluding diaryl/α,β-unsaturated/α-hetero) is 1. The molecule has 1 aliphatic heterocycles. The third-order valence-corrected chi connectivity index (χ3v) is 7.19. The van der Waals surface area contributed by atoms with Crippen LogP contribution in [0.1, 0.15) is 57.6 Å². The summed E-state index contributed by atoms with van der Waals surface area (Å²) in [5.74, 6) is 0.315. The summed E-state index contributed by atoms with van der Waals surface area (Å²) in [4.78, 5) is 45.0. The number of nitrogens with two attached hydrogens (primary N) is 1. The summed E-state index contributed by atoms with van der Waals surface area (Å²) in [5, 5.41) is 3.22. The molecule has 0 unspecified atom stereocenters. The Labute approximate surface area is 235 Å². The predicted octanol–water partition coefficient (Wildman–Crippen LogP) is 5.08. The normalized spacial score (nSPS) is 18.6. The standard InChI is InChI=1S/C30H39ClN4O4/c1-20(2)19-30(23-12-6-5-7-13-23)27(37)35(28(32)34-30)15-9-10-21(3)16-26(36)25(33-29(38)39-4)18-22-11-8-14-24(31)17-22/h5-8,11-14,17,20-21,25H,9-10,15-16,18-19H2,1-4H3,(H2,32,34)(H,33,38)/t21-,25-,30+/m0/s1. The molecule has 1 heterocycles. The van der Waals surface area contributed by atoms with Crippen LogP contribution < -0.4 is 11.1 Å². The number of rotatable bonds is 13. The van der Waals surface area contributed by atoms with Crippen LogP contribution in [-0.4, -0.2) is 48.3 Å². The monoisotopic (exact) mass is 554 g/mol. The summed E-state index contributed by atoms with van der Waals surface area (Å²) in [6.45, 7) is 6.55. The van der Waals surface area contributed by atoms with E-state index >= 15 is 0 Å². The fourth-order valence-electron chi connectivity index (χ4n) is 5.12. The summed E-state index contributed by atoms with van der Waals surface area (Å²) in [6, 6.07) is 16.1. The molecular formula is C30H39ClN4O4. The lowest BCUT2D eigenvalue weighted by molar-refractivity contribution is -0.132. The van der Waals surface area contributed by atoms with Gasteiger partial charge >= 0.3 is 6.09 Å². The Kier molecular flexibility index (Phi) is 10.5. The van der Waals surface area contributed by atoms with Crippen LogP contribution in [0.3, 0.4) is 0 Å². The van der Waals surface area contributed by atoms with E-state index in [0.29, 0.717) is 37.3 Å². The molecule has 8 nitrogen and oxygen atoms in total. The number of alkyl carbamates (subject to hydrolysis) is 1. The summed E-state index contributed by atoms with van der Waals surface area (Å²) in [7, 11) is 1.27. The van der Waals surface area contributed by atoms with Crippen molar-refractivity contribution in [3.8, 4) is 0 Å². The average Bonchev–Trinajstić information content (AvgIpc) is 3.13. The smallest absolute Gasteiger partial charge is 0.407 e. The number of carbonyl (C=O) groups is 3. The van der Waals surface area contributed by atoms with Gasteiger partial charge in [0.2, 0.25) is 0 Å². The maximum atomic E-state index is 13.7. The average molecular weight is 555 g/mol. The summed E-state index contributed by atoms with van der Waals surface area (Å²) >= 11 is 6.09. The van der Waals surface area contributed by atoms with Crippen molar-refractivity contribution in [2.24, 2.45) is 22.6 Å². The fourth-order valence-corrected chi connectivity index (χ4v) is 5.34. The van der Waals surface area contributed by atoms with Crippen LogP contribution in [0.5, 0.6) is 0 Å². The molecule has 3 rings (SSSR count). The van der Waals surface area contributed by atoms with E-state index in [4.69, 9.17) is 27.1 Å². The largest absolute Gasteiger partial charge is 0.453 e. The van der Waals surface area contributed by atoms with E-state index in [0.717, 1.165) is 11.1 Å². The van der Waals surface area contributed by atoms with Crippen molar-refractivity contribution < 1.29 is 19.1 Å². The second-order valence-corrected chi connectivity index (χ2v) is 11.1. The molecule has 210 valence electrons. The fraction of sp³-hybridized carbons (Fsp3) is 0.467. The predicted molar refractivity (Wildman–Crippen MR) is 153 cm³/mol. The van der Waals surface area contributed by atoms with Crippen LogP contribution in [-0.2, 0) is 26.3 Å². The number of aliphatic imine (C=N–C) groups is 1. The first-order valence-electron chi connectivity index (χ1n) is 13.4. The SMILES string of the molecule is COC(=O)N[C@@H](Cc1cccc(Cl)c1)C(=O)C[C@@H](C)CCCN1C(=O)[C@@](CC(C)C)(c2ccccc2)N=C1N. The minimum Gasteiger partial charge on any atom is -0.453 e. The number of nitrogens with one attached hydrogen (secondary N) is 1. The molecule has 0 spiro atoms. The number of ketones is 1. The van der Waals surface area contributed by atoms with E-state index < -0.39 is 17.7 Å². The molecule has 9 heteroatoms. The van der Waals surface area contributed by atoms with E-state index in [1.54, 1.807) is 17.0 Å². The number of hydrogen-bond acceptors (Lipinski definition) is 6. The second kappa shape index (κ2) is 13.6. The van der Waals surface area contributed by atoms with E-state index in [1.165, 1.54) is 7.11 Å². The van der Waals surface area contributed by atoms with Crippen LogP contribution in [0.4, 0.5) is 4.79 Å². The number of methoxy groups -OCH3 is 1. The second-order valence-electron chi connectivity index (χ2n) is 10.7. The van der Waals surface area contributed by atoms with Crippen molar-refractivity contribution in [2.75, 3.05) is 13.7 Å². The van der Waals surface area contributed by atoms with Gasteiger partial charge in [0, 0.05) is 18.0 Å².